The Hall–Kier alpha value is -2.64. The van der Waals surface area contributed by atoms with E-state index < -0.39 is 17.6 Å². The molecule has 0 atom stereocenters. The largest absolute Gasteiger partial charge is 0.416 e. The topological polar surface area (TPSA) is 56.2 Å². The number of rotatable bonds is 1. The van der Waals surface area contributed by atoms with Gasteiger partial charge in [-0.25, -0.2) is 8.91 Å². The van der Waals surface area contributed by atoms with Crippen molar-refractivity contribution in [2.45, 2.75) is 6.18 Å². The molecule has 0 aliphatic rings. The van der Waals surface area contributed by atoms with E-state index in [-0.39, 0.29) is 22.7 Å². The number of aromatic nitrogens is 3. The second kappa shape index (κ2) is 4.44. The van der Waals surface area contributed by atoms with Crippen molar-refractivity contribution in [2.75, 3.05) is 5.73 Å². The fourth-order valence-corrected chi connectivity index (χ4v) is 2.04. The Bertz CT molecular complexity index is 823. The van der Waals surface area contributed by atoms with Gasteiger partial charge in [0.2, 0.25) is 5.95 Å². The van der Waals surface area contributed by atoms with Crippen LogP contribution < -0.4 is 5.73 Å². The first-order chi connectivity index (χ1) is 9.86. The van der Waals surface area contributed by atoms with E-state index in [1.54, 1.807) is 0 Å². The standard InChI is InChI=1S/C13H8F4N4/c14-10-4-3-7(13(15,16)17)6-9(10)8-2-1-5-21-11(8)19-12(18)20-21/h1-6H,(H2,18,20). The zero-order chi connectivity index (χ0) is 15.2. The maximum atomic E-state index is 13.9. The molecule has 0 saturated heterocycles. The average molecular weight is 296 g/mol. The third kappa shape index (κ3) is 2.28. The van der Waals surface area contributed by atoms with Gasteiger partial charge in [0, 0.05) is 17.3 Å². The van der Waals surface area contributed by atoms with Gasteiger partial charge in [-0.3, -0.25) is 0 Å². The Morgan fingerprint density at radius 2 is 1.86 bits per heavy atom. The lowest BCUT2D eigenvalue weighted by atomic mass is 10.0. The van der Waals surface area contributed by atoms with Gasteiger partial charge in [0.1, 0.15) is 5.82 Å². The van der Waals surface area contributed by atoms with Gasteiger partial charge < -0.3 is 5.73 Å². The molecule has 0 spiro atoms. The molecule has 2 heterocycles. The Morgan fingerprint density at radius 1 is 1.10 bits per heavy atom. The monoisotopic (exact) mass is 296 g/mol. The van der Waals surface area contributed by atoms with Gasteiger partial charge >= 0.3 is 6.18 Å². The number of hydrogen-bond donors (Lipinski definition) is 1. The molecule has 0 aliphatic carbocycles. The molecule has 3 rings (SSSR count). The number of benzene rings is 1. The molecule has 2 aromatic heterocycles. The van der Waals surface area contributed by atoms with Gasteiger partial charge in [-0.1, -0.05) is 0 Å². The number of nitrogens with zero attached hydrogens (tertiary/aromatic N) is 3. The summed E-state index contributed by atoms with van der Waals surface area (Å²) < 4.78 is 53.5. The van der Waals surface area contributed by atoms with Crippen LogP contribution in [0.15, 0.2) is 36.5 Å². The molecule has 0 bridgehead atoms. The lowest BCUT2D eigenvalue weighted by molar-refractivity contribution is -0.137. The van der Waals surface area contributed by atoms with Gasteiger partial charge in [-0.2, -0.15) is 18.2 Å². The maximum absolute atomic E-state index is 13.9. The van der Waals surface area contributed by atoms with E-state index in [0.717, 1.165) is 12.1 Å². The van der Waals surface area contributed by atoms with Crippen molar-refractivity contribution in [1.82, 2.24) is 14.6 Å². The van der Waals surface area contributed by atoms with Crippen molar-refractivity contribution in [3.8, 4) is 11.1 Å². The van der Waals surface area contributed by atoms with E-state index in [1.165, 1.54) is 22.8 Å². The SMILES string of the molecule is Nc1nc2c(-c3cc(C(F)(F)F)ccc3F)cccn2n1. The van der Waals surface area contributed by atoms with Crippen molar-refractivity contribution in [2.24, 2.45) is 0 Å². The number of hydrogen-bond acceptors (Lipinski definition) is 3. The van der Waals surface area contributed by atoms with Gasteiger partial charge in [-0.15, -0.1) is 5.10 Å². The van der Waals surface area contributed by atoms with E-state index in [1.807, 2.05) is 0 Å². The molecule has 0 radical (unpaired) electrons. The number of anilines is 1. The fraction of sp³-hybridized carbons (Fsp3) is 0.0769. The van der Waals surface area contributed by atoms with Crippen molar-refractivity contribution in [1.29, 1.82) is 0 Å². The first-order valence-corrected chi connectivity index (χ1v) is 5.84. The lowest BCUT2D eigenvalue weighted by Crippen LogP contribution is -2.05. The minimum absolute atomic E-state index is 0.0464. The molecule has 0 unspecified atom stereocenters. The number of fused-ring (bicyclic) bond motifs is 1. The molecule has 8 heteroatoms. The molecule has 0 aliphatic heterocycles. The Labute approximate surface area is 115 Å². The third-order valence-corrected chi connectivity index (χ3v) is 2.96. The van der Waals surface area contributed by atoms with E-state index in [9.17, 15) is 17.6 Å². The molecule has 0 saturated carbocycles. The molecule has 4 nitrogen and oxygen atoms in total. The van der Waals surface area contributed by atoms with Crippen molar-refractivity contribution < 1.29 is 17.6 Å². The lowest BCUT2D eigenvalue weighted by Gasteiger charge is -2.10. The van der Waals surface area contributed by atoms with Crippen molar-refractivity contribution >= 4 is 11.6 Å². The predicted octanol–water partition coefficient (Wildman–Crippen LogP) is 3.14. The maximum Gasteiger partial charge on any atom is 0.416 e. The van der Waals surface area contributed by atoms with Crippen LogP contribution in [-0.2, 0) is 6.18 Å². The summed E-state index contributed by atoms with van der Waals surface area (Å²) in [6.07, 6.45) is -3.03. The summed E-state index contributed by atoms with van der Waals surface area (Å²) in [5.41, 5.74) is 4.69. The molecule has 108 valence electrons. The van der Waals surface area contributed by atoms with Crippen LogP contribution >= 0.6 is 0 Å². The molecular weight excluding hydrogens is 288 g/mol. The molecule has 3 aromatic rings. The highest BCUT2D eigenvalue weighted by molar-refractivity contribution is 5.78. The van der Waals surface area contributed by atoms with E-state index in [0.29, 0.717) is 6.07 Å². The molecule has 0 amide bonds. The summed E-state index contributed by atoms with van der Waals surface area (Å²) >= 11 is 0. The van der Waals surface area contributed by atoms with Crippen molar-refractivity contribution in [3.63, 3.8) is 0 Å². The molecule has 21 heavy (non-hydrogen) atoms. The second-order valence-electron chi connectivity index (χ2n) is 4.35. The highest BCUT2D eigenvalue weighted by Gasteiger charge is 2.31. The highest BCUT2D eigenvalue weighted by Crippen LogP contribution is 2.34. The number of alkyl halides is 3. The summed E-state index contributed by atoms with van der Waals surface area (Å²) in [6, 6.07) is 5.20. The predicted molar refractivity (Wildman–Crippen MR) is 67.8 cm³/mol. The van der Waals surface area contributed by atoms with Crippen LogP contribution in [0, 0.1) is 5.82 Å². The average Bonchev–Trinajstić information content (AvgIpc) is 2.78. The smallest absolute Gasteiger partial charge is 0.366 e. The van der Waals surface area contributed by atoms with Crippen molar-refractivity contribution in [3.05, 3.63) is 47.9 Å². The summed E-state index contributed by atoms with van der Waals surface area (Å²) in [5, 5.41) is 3.84. The number of nitrogen functional groups attached to an aromatic ring is 1. The Balaban J connectivity index is 2.27. The minimum Gasteiger partial charge on any atom is -0.366 e. The number of nitrogens with two attached hydrogens (primary N) is 1. The fourth-order valence-electron chi connectivity index (χ4n) is 2.04. The highest BCUT2D eigenvalue weighted by atomic mass is 19.4. The van der Waals surface area contributed by atoms with Gasteiger partial charge in [0.25, 0.3) is 0 Å². The summed E-state index contributed by atoms with van der Waals surface area (Å²) in [4.78, 5) is 3.90. The minimum atomic E-state index is -4.56. The van der Waals surface area contributed by atoms with Crippen LogP contribution in [0.4, 0.5) is 23.5 Å². The zero-order valence-electron chi connectivity index (χ0n) is 10.4. The van der Waals surface area contributed by atoms with Gasteiger partial charge in [-0.05, 0) is 30.3 Å². The quantitative estimate of drug-likeness (QED) is 0.702. The van der Waals surface area contributed by atoms with Crippen LogP contribution in [0.2, 0.25) is 0 Å². The summed E-state index contributed by atoms with van der Waals surface area (Å²) in [6.45, 7) is 0. The normalized spacial score (nSPS) is 12.0. The summed E-state index contributed by atoms with van der Waals surface area (Å²) in [7, 11) is 0. The molecular formula is C13H8F4N4. The van der Waals surface area contributed by atoms with Crippen LogP contribution in [0.3, 0.4) is 0 Å². The van der Waals surface area contributed by atoms with Gasteiger partial charge in [0.15, 0.2) is 5.65 Å². The Kier molecular flexibility index (Phi) is 2.82. The number of pyridine rings is 1. The Morgan fingerprint density at radius 3 is 2.57 bits per heavy atom. The zero-order valence-corrected chi connectivity index (χ0v) is 10.4. The molecule has 1 aromatic carbocycles. The van der Waals surface area contributed by atoms with Crippen LogP contribution in [0.1, 0.15) is 5.56 Å². The number of halogens is 4. The van der Waals surface area contributed by atoms with E-state index >= 15 is 0 Å². The summed E-state index contributed by atoms with van der Waals surface area (Å²) in [5.74, 6) is -0.826. The van der Waals surface area contributed by atoms with E-state index in [4.69, 9.17) is 5.73 Å². The first-order valence-electron chi connectivity index (χ1n) is 5.84. The third-order valence-electron chi connectivity index (χ3n) is 2.96. The van der Waals surface area contributed by atoms with Gasteiger partial charge in [0.05, 0.1) is 5.56 Å². The molecule has 0 fully saturated rings. The molecule has 2 N–H and O–H groups in total. The first kappa shape index (κ1) is 13.3. The van der Waals surface area contributed by atoms with Crippen LogP contribution in [-0.4, -0.2) is 14.6 Å². The van der Waals surface area contributed by atoms with E-state index in [2.05, 4.69) is 10.1 Å². The van der Waals surface area contributed by atoms with Crippen LogP contribution in [0.25, 0.3) is 16.8 Å². The second-order valence-corrected chi connectivity index (χ2v) is 4.35. The van der Waals surface area contributed by atoms with Crippen LogP contribution in [0.5, 0.6) is 0 Å².